The zero-order valence-corrected chi connectivity index (χ0v) is 17.1. The van der Waals surface area contributed by atoms with E-state index >= 15 is 0 Å². The van der Waals surface area contributed by atoms with Crippen LogP contribution >= 0.6 is 0 Å². The smallest absolute Gasteiger partial charge is 0.164 e. The van der Waals surface area contributed by atoms with Gasteiger partial charge in [0.1, 0.15) is 17.4 Å². The summed E-state index contributed by atoms with van der Waals surface area (Å²) in [6, 6.07) is 10.0. The first kappa shape index (κ1) is 21.2. The van der Waals surface area contributed by atoms with Crippen molar-refractivity contribution in [1.29, 1.82) is 5.26 Å². The van der Waals surface area contributed by atoms with Crippen molar-refractivity contribution in [2.24, 2.45) is 5.10 Å². The van der Waals surface area contributed by atoms with E-state index in [1.165, 1.54) is 0 Å². The predicted octanol–water partition coefficient (Wildman–Crippen LogP) is 3.71. The van der Waals surface area contributed by atoms with E-state index in [4.69, 9.17) is 9.47 Å². The molecule has 1 N–H and O–H groups in total. The number of ether oxygens (including phenoxy) is 2. The average Bonchev–Trinajstić information content (AvgIpc) is 2.69. The Morgan fingerprint density at radius 2 is 2.00 bits per heavy atom. The number of nitrogens with one attached hydrogen (secondary N) is 1. The van der Waals surface area contributed by atoms with Crippen LogP contribution in [0, 0.1) is 18.3 Å². The van der Waals surface area contributed by atoms with E-state index in [2.05, 4.69) is 40.3 Å². The van der Waals surface area contributed by atoms with E-state index < -0.39 is 0 Å². The lowest BCUT2D eigenvalue weighted by Gasteiger charge is -2.22. The molecule has 0 saturated heterocycles. The maximum Gasteiger partial charge on any atom is 0.164 e. The molecule has 0 unspecified atom stereocenters. The number of rotatable bonds is 9. The molecule has 1 aromatic carbocycles. The standard InChI is InChI=1S/C21H27N5O2/c1-6-26(7-2)18-9-8-16(20(11-18)28-5)13-23-25-21-19(12-22)17(14-27-4)10-15(3)24-21/h8-11,13H,6-7,14H2,1-5H3,(H,24,25). The highest BCUT2D eigenvalue weighted by Crippen LogP contribution is 2.25. The second-order valence-corrected chi connectivity index (χ2v) is 6.16. The third-order valence-electron chi connectivity index (χ3n) is 4.36. The zero-order valence-electron chi connectivity index (χ0n) is 17.1. The third-order valence-corrected chi connectivity index (χ3v) is 4.36. The molecule has 28 heavy (non-hydrogen) atoms. The second-order valence-electron chi connectivity index (χ2n) is 6.16. The van der Waals surface area contributed by atoms with Gasteiger partial charge in [-0.25, -0.2) is 4.98 Å². The highest BCUT2D eigenvalue weighted by molar-refractivity contribution is 5.85. The van der Waals surface area contributed by atoms with Crippen LogP contribution in [0.2, 0.25) is 0 Å². The molecule has 0 saturated carbocycles. The molecular weight excluding hydrogens is 354 g/mol. The number of hydrazone groups is 1. The van der Waals surface area contributed by atoms with Gasteiger partial charge in [0.15, 0.2) is 5.82 Å². The van der Waals surface area contributed by atoms with Crippen LogP contribution in [0.4, 0.5) is 11.5 Å². The van der Waals surface area contributed by atoms with Crippen LogP contribution in [0.1, 0.15) is 36.2 Å². The van der Waals surface area contributed by atoms with E-state index in [0.29, 0.717) is 18.0 Å². The van der Waals surface area contributed by atoms with Crippen molar-refractivity contribution in [3.05, 3.63) is 46.6 Å². The number of aryl methyl sites for hydroxylation is 1. The number of aromatic nitrogens is 1. The van der Waals surface area contributed by atoms with Gasteiger partial charge in [-0.15, -0.1) is 0 Å². The van der Waals surface area contributed by atoms with Gasteiger partial charge in [-0.1, -0.05) is 0 Å². The van der Waals surface area contributed by atoms with Crippen LogP contribution in [-0.4, -0.2) is 38.5 Å². The Bertz CT molecular complexity index is 870. The van der Waals surface area contributed by atoms with Crippen LogP contribution in [-0.2, 0) is 11.3 Å². The number of benzene rings is 1. The summed E-state index contributed by atoms with van der Waals surface area (Å²) >= 11 is 0. The molecule has 1 aromatic heterocycles. The first-order chi connectivity index (χ1) is 13.6. The molecule has 0 aliphatic rings. The molecule has 0 atom stereocenters. The van der Waals surface area contributed by atoms with Crippen LogP contribution < -0.4 is 15.1 Å². The number of hydrogen-bond acceptors (Lipinski definition) is 7. The molecule has 7 heteroatoms. The summed E-state index contributed by atoms with van der Waals surface area (Å²) in [5.41, 5.74) is 6.79. The molecule has 0 bridgehead atoms. The van der Waals surface area contributed by atoms with Gasteiger partial charge >= 0.3 is 0 Å². The molecule has 148 valence electrons. The molecule has 0 aliphatic heterocycles. The number of hydrogen-bond donors (Lipinski definition) is 1. The monoisotopic (exact) mass is 381 g/mol. The lowest BCUT2D eigenvalue weighted by molar-refractivity contribution is 0.184. The third kappa shape index (κ3) is 4.99. The van der Waals surface area contributed by atoms with Crippen molar-refractivity contribution in [3.8, 4) is 11.8 Å². The fourth-order valence-corrected chi connectivity index (χ4v) is 2.97. The zero-order chi connectivity index (χ0) is 20.5. The summed E-state index contributed by atoms with van der Waals surface area (Å²) in [5.74, 6) is 1.14. The Morgan fingerprint density at radius 3 is 2.61 bits per heavy atom. The molecule has 7 nitrogen and oxygen atoms in total. The fraction of sp³-hybridized carbons (Fsp3) is 0.381. The number of nitrogens with zero attached hydrogens (tertiary/aromatic N) is 4. The van der Waals surface area contributed by atoms with Crippen LogP contribution in [0.25, 0.3) is 0 Å². The maximum absolute atomic E-state index is 9.48. The van der Waals surface area contributed by atoms with Gasteiger partial charge in [0.25, 0.3) is 0 Å². The topological polar surface area (TPSA) is 82.8 Å². The quantitative estimate of drug-likeness (QED) is 0.527. The minimum absolute atomic E-state index is 0.339. The molecule has 0 amide bonds. The van der Waals surface area contributed by atoms with Crippen molar-refractivity contribution >= 4 is 17.7 Å². The second kappa shape index (κ2) is 10.3. The Morgan fingerprint density at radius 1 is 1.25 bits per heavy atom. The van der Waals surface area contributed by atoms with Crippen LogP contribution in [0.5, 0.6) is 5.75 Å². The Kier molecular flexibility index (Phi) is 7.78. The Labute approximate surface area is 166 Å². The maximum atomic E-state index is 9.48. The van der Waals surface area contributed by atoms with Gasteiger partial charge in [0.05, 0.1) is 19.9 Å². The minimum Gasteiger partial charge on any atom is -0.496 e. The summed E-state index contributed by atoms with van der Waals surface area (Å²) in [7, 11) is 3.23. The summed E-state index contributed by atoms with van der Waals surface area (Å²) in [6.45, 7) is 8.29. The van der Waals surface area contributed by atoms with Gasteiger partial charge in [-0.3, -0.25) is 5.43 Å². The number of anilines is 2. The minimum atomic E-state index is 0.339. The van der Waals surface area contributed by atoms with Gasteiger partial charge in [-0.05, 0) is 39.0 Å². The van der Waals surface area contributed by atoms with Crippen molar-refractivity contribution in [1.82, 2.24) is 4.98 Å². The van der Waals surface area contributed by atoms with Crippen molar-refractivity contribution in [3.63, 3.8) is 0 Å². The van der Waals surface area contributed by atoms with E-state index in [0.717, 1.165) is 41.3 Å². The highest BCUT2D eigenvalue weighted by Gasteiger charge is 2.11. The van der Waals surface area contributed by atoms with Crippen molar-refractivity contribution in [2.75, 3.05) is 37.6 Å². The largest absolute Gasteiger partial charge is 0.496 e. The number of pyridine rings is 1. The molecule has 0 aliphatic carbocycles. The number of methoxy groups -OCH3 is 2. The van der Waals surface area contributed by atoms with Crippen molar-refractivity contribution in [2.45, 2.75) is 27.4 Å². The van der Waals surface area contributed by atoms with Crippen molar-refractivity contribution < 1.29 is 9.47 Å². The SMILES string of the molecule is CCN(CC)c1ccc(C=NNc2nc(C)cc(COC)c2C#N)c(OC)c1. The van der Waals surface area contributed by atoms with Crippen LogP contribution in [0.15, 0.2) is 29.4 Å². The van der Waals surface area contributed by atoms with Crippen LogP contribution in [0.3, 0.4) is 0 Å². The first-order valence-corrected chi connectivity index (χ1v) is 9.19. The molecule has 0 spiro atoms. The normalized spacial score (nSPS) is 10.7. The van der Waals surface area contributed by atoms with Gasteiger partial charge in [0.2, 0.25) is 0 Å². The first-order valence-electron chi connectivity index (χ1n) is 9.19. The summed E-state index contributed by atoms with van der Waals surface area (Å²) < 4.78 is 10.7. The van der Waals surface area contributed by atoms with Gasteiger partial charge in [-0.2, -0.15) is 10.4 Å². The van der Waals surface area contributed by atoms with E-state index in [1.54, 1.807) is 20.4 Å². The molecule has 0 fully saturated rings. The summed E-state index contributed by atoms with van der Waals surface area (Å²) in [6.07, 6.45) is 1.66. The molecule has 1 heterocycles. The fourth-order valence-electron chi connectivity index (χ4n) is 2.97. The lowest BCUT2D eigenvalue weighted by Crippen LogP contribution is -2.21. The lowest BCUT2D eigenvalue weighted by atomic mass is 10.1. The summed E-state index contributed by atoms with van der Waals surface area (Å²) in [4.78, 5) is 6.62. The van der Waals surface area contributed by atoms with Gasteiger partial charge in [0, 0.05) is 48.8 Å². The van der Waals surface area contributed by atoms with E-state index in [9.17, 15) is 5.26 Å². The predicted molar refractivity (Wildman–Crippen MR) is 112 cm³/mol. The highest BCUT2D eigenvalue weighted by atomic mass is 16.5. The van der Waals surface area contributed by atoms with Gasteiger partial charge < -0.3 is 14.4 Å². The number of nitriles is 1. The molecule has 2 aromatic rings. The average molecular weight is 381 g/mol. The Balaban J connectivity index is 2.27. The van der Waals surface area contributed by atoms with E-state index in [1.807, 2.05) is 31.2 Å². The van der Waals surface area contributed by atoms with E-state index in [-0.39, 0.29) is 0 Å². The molecule has 0 radical (unpaired) electrons. The molecular formula is C21H27N5O2. The summed E-state index contributed by atoms with van der Waals surface area (Å²) in [5, 5.41) is 13.7. The Hall–Kier alpha value is -3.11. The molecule has 2 rings (SSSR count).